The molecule has 1 aromatic carbocycles. The van der Waals surface area contributed by atoms with Crippen LogP contribution in [0.4, 0.5) is 15.9 Å². The van der Waals surface area contributed by atoms with E-state index in [9.17, 15) is 4.39 Å². The number of anilines is 2. The molecule has 0 aliphatic rings. The van der Waals surface area contributed by atoms with E-state index in [-0.39, 0.29) is 10.8 Å². The zero-order chi connectivity index (χ0) is 14.0. The van der Waals surface area contributed by atoms with Gasteiger partial charge in [-0.3, -0.25) is 0 Å². The van der Waals surface area contributed by atoms with Gasteiger partial charge in [0.1, 0.15) is 16.6 Å². The number of pyridine rings is 1. The van der Waals surface area contributed by atoms with Gasteiger partial charge in [0.15, 0.2) is 0 Å². The van der Waals surface area contributed by atoms with Crippen LogP contribution in [0.1, 0.15) is 11.3 Å². The number of thiocarbonyl (C=S) groups is 1. The Morgan fingerprint density at radius 3 is 2.79 bits per heavy atom. The summed E-state index contributed by atoms with van der Waals surface area (Å²) in [4.78, 5) is 4.55. The first-order valence-electron chi connectivity index (χ1n) is 5.46. The number of nitrogens with one attached hydrogen (secondary N) is 1. The Kier molecular flexibility index (Phi) is 4.11. The maximum atomic E-state index is 13.7. The van der Waals surface area contributed by atoms with E-state index in [1.165, 1.54) is 6.07 Å². The van der Waals surface area contributed by atoms with E-state index in [1.807, 2.05) is 6.92 Å². The van der Waals surface area contributed by atoms with Crippen molar-refractivity contribution in [2.24, 2.45) is 5.73 Å². The summed E-state index contributed by atoms with van der Waals surface area (Å²) in [7, 11) is 0. The van der Waals surface area contributed by atoms with E-state index in [0.717, 1.165) is 10.2 Å². The van der Waals surface area contributed by atoms with Crippen LogP contribution >= 0.6 is 28.1 Å². The molecule has 0 saturated heterocycles. The Morgan fingerprint density at radius 2 is 2.11 bits per heavy atom. The minimum absolute atomic E-state index is 0.281. The van der Waals surface area contributed by atoms with E-state index in [4.69, 9.17) is 18.0 Å². The minimum Gasteiger partial charge on any atom is -0.389 e. The van der Waals surface area contributed by atoms with Crippen LogP contribution in [-0.2, 0) is 0 Å². The minimum atomic E-state index is -0.358. The summed E-state index contributed by atoms with van der Waals surface area (Å²) in [5.74, 6) is 0.142. The van der Waals surface area contributed by atoms with Gasteiger partial charge in [-0.1, -0.05) is 28.1 Å². The van der Waals surface area contributed by atoms with Crippen molar-refractivity contribution >= 4 is 44.6 Å². The summed E-state index contributed by atoms with van der Waals surface area (Å²) in [6.45, 7) is 1.82. The van der Waals surface area contributed by atoms with Crippen molar-refractivity contribution in [3.05, 3.63) is 51.9 Å². The maximum Gasteiger partial charge on any atom is 0.146 e. The molecule has 6 heteroatoms. The zero-order valence-electron chi connectivity index (χ0n) is 10.1. The molecule has 0 radical (unpaired) electrons. The summed E-state index contributed by atoms with van der Waals surface area (Å²) in [5.41, 5.74) is 7.38. The monoisotopic (exact) mass is 339 g/mol. The number of aromatic nitrogens is 1. The van der Waals surface area contributed by atoms with Crippen molar-refractivity contribution in [1.82, 2.24) is 4.98 Å². The highest BCUT2D eigenvalue weighted by Gasteiger charge is 2.06. The van der Waals surface area contributed by atoms with Crippen molar-refractivity contribution < 1.29 is 4.39 Å². The number of nitrogens with zero attached hydrogens (tertiary/aromatic N) is 1. The first-order valence-corrected chi connectivity index (χ1v) is 6.66. The summed E-state index contributed by atoms with van der Waals surface area (Å²) in [6, 6.07) is 8.11. The van der Waals surface area contributed by atoms with Crippen molar-refractivity contribution in [1.29, 1.82) is 0 Å². The van der Waals surface area contributed by atoms with Gasteiger partial charge in [0.05, 0.1) is 5.69 Å². The van der Waals surface area contributed by atoms with Gasteiger partial charge in [-0.05, 0) is 37.3 Å². The van der Waals surface area contributed by atoms with E-state index in [1.54, 1.807) is 24.3 Å². The highest BCUT2D eigenvalue weighted by Crippen LogP contribution is 2.23. The Balaban J connectivity index is 2.38. The van der Waals surface area contributed by atoms with E-state index in [2.05, 4.69) is 26.2 Å². The van der Waals surface area contributed by atoms with Gasteiger partial charge in [0.25, 0.3) is 0 Å². The molecule has 1 aromatic heterocycles. The maximum absolute atomic E-state index is 13.7. The third kappa shape index (κ3) is 3.48. The van der Waals surface area contributed by atoms with Crippen LogP contribution in [0.25, 0.3) is 0 Å². The molecule has 2 aromatic rings. The molecule has 2 rings (SSSR count). The second-order valence-corrected chi connectivity index (χ2v) is 5.35. The summed E-state index contributed by atoms with van der Waals surface area (Å²) in [5, 5.41) is 2.92. The third-order valence-electron chi connectivity index (χ3n) is 2.43. The fourth-order valence-electron chi connectivity index (χ4n) is 1.61. The SMILES string of the molecule is Cc1cc(C(N)=S)cc(Nc2cc(Br)ccc2F)n1. The molecule has 0 spiro atoms. The number of halogens is 2. The van der Waals surface area contributed by atoms with Gasteiger partial charge in [-0.2, -0.15) is 0 Å². The van der Waals surface area contributed by atoms with E-state index < -0.39 is 0 Å². The van der Waals surface area contributed by atoms with Crippen LogP contribution in [0.3, 0.4) is 0 Å². The van der Waals surface area contributed by atoms with Gasteiger partial charge in [-0.15, -0.1) is 0 Å². The predicted octanol–water partition coefficient (Wildman–Crippen LogP) is 3.67. The van der Waals surface area contributed by atoms with Crippen molar-refractivity contribution in [3.63, 3.8) is 0 Å². The number of hydrogen-bond acceptors (Lipinski definition) is 3. The largest absolute Gasteiger partial charge is 0.389 e. The van der Waals surface area contributed by atoms with Crippen molar-refractivity contribution in [2.75, 3.05) is 5.32 Å². The molecule has 3 nitrogen and oxygen atoms in total. The molecule has 98 valence electrons. The van der Waals surface area contributed by atoms with E-state index in [0.29, 0.717) is 17.1 Å². The lowest BCUT2D eigenvalue weighted by Crippen LogP contribution is -2.11. The third-order valence-corrected chi connectivity index (χ3v) is 3.16. The van der Waals surface area contributed by atoms with Crippen molar-refractivity contribution in [2.45, 2.75) is 6.92 Å². The zero-order valence-corrected chi connectivity index (χ0v) is 12.5. The molecular formula is C13H11BrFN3S. The molecular weight excluding hydrogens is 329 g/mol. The average Bonchev–Trinajstić information content (AvgIpc) is 2.33. The number of benzene rings is 1. The summed E-state index contributed by atoms with van der Waals surface area (Å²) in [6.07, 6.45) is 0. The summed E-state index contributed by atoms with van der Waals surface area (Å²) < 4.78 is 14.4. The Labute approximate surface area is 124 Å². The van der Waals surface area contributed by atoms with Crippen LogP contribution in [-0.4, -0.2) is 9.97 Å². The Morgan fingerprint density at radius 1 is 1.37 bits per heavy atom. The van der Waals surface area contributed by atoms with Crippen LogP contribution < -0.4 is 11.1 Å². The fraction of sp³-hybridized carbons (Fsp3) is 0.0769. The van der Waals surface area contributed by atoms with Crippen LogP contribution in [0, 0.1) is 12.7 Å². The second-order valence-electron chi connectivity index (χ2n) is 4.00. The molecule has 0 atom stereocenters. The van der Waals surface area contributed by atoms with Gasteiger partial charge in [0, 0.05) is 15.7 Å². The quantitative estimate of drug-likeness (QED) is 0.837. The van der Waals surface area contributed by atoms with Gasteiger partial charge >= 0.3 is 0 Å². The number of aryl methyl sites for hydroxylation is 1. The summed E-state index contributed by atoms with van der Waals surface area (Å²) >= 11 is 8.23. The fourth-order valence-corrected chi connectivity index (χ4v) is 2.09. The van der Waals surface area contributed by atoms with Gasteiger partial charge in [-0.25, -0.2) is 9.37 Å². The lowest BCUT2D eigenvalue weighted by molar-refractivity contribution is 0.631. The van der Waals surface area contributed by atoms with Crippen molar-refractivity contribution in [3.8, 4) is 0 Å². The van der Waals surface area contributed by atoms with E-state index >= 15 is 0 Å². The van der Waals surface area contributed by atoms with Gasteiger partial charge < -0.3 is 11.1 Å². The van der Waals surface area contributed by atoms with Crippen LogP contribution in [0.5, 0.6) is 0 Å². The first-order chi connectivity index (χ1) is 8.95. The molecule has 0 aliphatic heterocycles. The van der Waals surface area contributed by atoms with Crippen LogP contribution in [0.15, 0.2) is 34.8 Å². The molecule has 0 bridgehead atoms. The number of nitrogens with two attached hydrogens (primary N) is 1. The van der Waals surface area contributed by atoms with Gasteiger partial charge in [0.2, 0.25) is 0 Å². The molecule has 19 heavy (non-hydrogen) atoms. The lowest BCUT2D eigenvalue weighted by atomic mass is 10.2. The average molecular weight is 340 g/mol. The smallest absolute Gasteiger partial charge is 0.146 e. The van der Waals surface area contributed by atoms with Crippen LogP contribution in [0.2, 0.25) is 0 Å². The normalized spacial score (nSPS) is 10.3. The second kappa shape index (κ2) is 5.63. The molecule has 0 amide bonds. The molecule has 1 heterocycles. The number of rotatable bonds is 3. The molecule has 0 unspecified atom stereocenters. The molecule has 0 fully saturated rings. The molecule has 0 aliphatic carbocycles. The Bertz CT molecular complexity index is 646. The highest BCUT2D eigenvalue weighted by atomic mass is 79.9. The molecule has 3 N–H and O–H groups in total. The highest BCUT2D eigenvalue weighted by molar-refractivity contribution is 9.10. The molecule has 0 saturated carbocycles. The first kappa shape index (κ1) is 13.9. The predicted molar refractivity (Wildman–Crippen MR) is 82.2 cm³/mol. The lowest BCUT2D eigenvalue weighted by Gasteiger charge is -2.10. The Hall–Kier alpha value is -1.53. The standard InChI is InChI=1S/C13H11BrFN3S/c1-7-4-8(13(16)19)5-12(17-7)18-11-6-9(14)2-3-10(11)15/h2-6H,1H3,(H2,16,19)(H,17,18). The number of hydrogen-bond donors (Lipinski definition) is 2. The topological polar surface area (TPSA) is 50.9 Å².